The van der Waals surface area contributed by atoms with Crippen molar-refractivity contribution in [2.75, 3.05) is 40.0 Å². The van der Waals surface area contributed by atoms with Gasteiger partial charge in [0.2, 0.25) is 5.91 Å². The summed E-state index contributed by atoms with van der Waals surface area (Å²) in [6.45, 7) is 3.72. The molecule has 2 aromatic carbocycles. The van der Waals surface area contributed by atoms with Gasteiger partial charge >= 0.3 is 6.03 Å². The van der Waals surface area contributed by atoms with Gasteiger partial charge in [-0.3, -0.25) is 14.5 Å². The van der Waals surface area contributed by atoms with Gasteiger partial charge in [-0.25, -0.2) is 4.79 Å². The van der Waals surface area contributed by atoms with Crippen LogP contribution in [0.5, 0.6) is 5.75 Å². The largest absolute Gasteiger partial charge is 0.497 e. The Morgan fingerprint density at radius 1 is 1.08 bits per heavy atom. The molecule has 2 N–H and O–H groups in total. The lowest BCUT2D eigenvalue weighted by Gasteiger charge is -2.38. The number of piperidine rings is 1. The second-order valence-electron chi connectivity index (χ2n) is 10.7. The normalized spacial score (nSPS) is 20.6. The van der Waals surface area contributed by atoms with Crippen molar-refractivity contribution in [1.29, 1.82) is 0 Å². The predicted molar refractivity (Wildman–Crippen MR) is 146 cm³/mol. The lowest BCUT2D eigenvalue weighted by atomic mass is 9.87. The Labute approximate surface area is 229 Å². The number of hydrogen-bond donors (Lipinski definition) is 2. The Bertz CT molecular complexity index is 1140. The average Bonchev–Trinajstić information content (AvgIpc) is 3.21. The Hall–Kier alpha value is -3.43. The molecule has 0 bridgehead atoms. The molecule has 208 valence electrons. The standard InChI is InChI=1S/C30H38N4O5/c1-38-25-9-7-22(8-10-25)21-34-28(36)30(32-29(34)37)14-17-33(18-15-30)16-11-26(23-5-3-2-4-6-23)31-27(35)24-12-19-39-20-13-24/h2-10,24,26H,11-21H2,1H3,(H,31,35)(H,32,37)/t26-/m0/s1. The molecule has 3 aliphatic rings. The number of rotatable bonds is 9. The van der Waals surface area contributed by atoms with E-state index in [1.807, 2.05) is 42.5 Å². The lowest BCUT2D eigenvalue weighted by molar-refractivity contribution is -0.133. The topological polar surface area (TPSA) is 100 Å². The second-order valence-corrected chi connectivity index (χ2v) is 10.7. The van der Waals surface area contributed by atoms with Gasteiger partial charge in [-0.05, 0) is 55.4 Å². The van der Waals surface area contributed by atoms with E-state index in [2.05, 4.69) is 27.7 Å². The highest BCUT2D eigenvalue weighted by Crippen LogP contribution is 2.31. The Morgan fingerprint density at radius 2 is 1.77 bits per heavy atom. The Balaban J connectivity index is 1.16. The number of ether oxygens (including phenoxy) is 2. The average molecular weight is 535 g/mol. The minimum absolute atomic E-state index is 0.00217. The van der Waals surface area contributed by atoms with Gasteiger partial charge < -0.3 is 25.0 Å². The smallest absolute Gasteiger partial charge is 0.325 e. The number of carbonyl (C=O) groups excluding carboxylic acids is 3. The van der Waals surface area contributed by atoms with Crippen LogP contribution in [0.3, 0.4) is 0 Å². The maximum Gasteiger partial charge on any atom is 0.325 e. The summed E-state index contributed by atoms with van der Waals surface area (Å²) in [7, 11) is 1.60. The number of nitrogens with zero attached hydrogens (tertiary/aromatic N) is 2. The molecule has 3 heterocycles. The van der Waals surface area contributed by atoms with Crippen LogP contribution < -0.4 is 15.4 Å². The molecule has 0 radical (unpaired) electrons. The Kier molecular flexibility index (Phi) is 8.47. The highest BCUT2D eigenvalue weighted by atomic mass is 16.5. The van der Waals surface area contributed by atoms with Gasteiger partial charge in [-0.2, -0.15) is 0 Å². The number of amides is 4. The van der Waals surface area contributed by atoms with Crippen LogP contribution >= 0.6 is 0 Å². The van der Waals surface area contributed by atoms with Crippen molar-refractivity contribution in [2.24, 2.45) is 5.92 Å². The monoisotopic (exact) mass is 534 g/mol. The fraction of sp³-hybridized carbons (Fsp3) is 0.500. The summed E-state index contributed by atoms with van der Waals surface area (Å²) in [4.78, 5) is 42.8. The third-order valence-electron chi connectivity index (χ3n) is 8.30. The molecule has 3 fully saturated rings. The van der Waals surface area contributed by atoms with Gasteiger partial charge in [0.1, 0.15) is 11.3 Å². The summed E-state index contributed by atoms with van der Waals surface area (Å²) in [5.74, 6) is 0.685. The molecule has 9 nitrogen and oxygen atoms in total. The zero-order valence-electron chi connectivity index (χ0n) is 22.6. The van der Waals surface area contributed by atoms with Crippen molar-refractivity contribution >= 4 is 17.8 Å². The van der Waals surface area contributed by atoms with Crippen LogP contribution in [0.25, 0.3) is 0 Å². The summed E-state index contributed by atoms with van der Waals surface area (Å²) >= 11 is 0. The van der Waals surface area contributed by atoms with Crippen molar-refractivity contribution in [1.82, 2.24) is 20.4 Å². The fourth-order valence-corrected chi connectivity index (χ4v) is 5.80. The van der Waals surface area contributed by atoms with Crippen LogP contribution in [0.1, 0.15) is 49.3 Å². The third kappa shape index (κ3) is 6.25. The molecule has 1 atom stereocenters. The van der Waals surface area contributed by atoms with Crippen molar-refractivity contribution < 1.29 is 23.9 Å². The number of likely N-dealkylation sites (tertiary alicyclic amines) is 1. The first kappa shape index (κ1) is 27.1. The van der Waals surface area contributed by atoms with Crippen LogP contribution in [-0.2, 0) is 20.9 Å². The molecule has 9 heteroatoms. The quantitative estimate of drug-likeness (QED) is 0.479. The van der Waals surface area contributed by atoms with Crippen molar-refractivity contribution in [3.63, 3.8) is 0 Å². The molecule has 3 saturated heterocycles. The number of benzene rings is 2. The van der Waals surface area contributed by atoms with Gasteiger partial charge in [0.05, 0.1) is 19.7 Å². The van der Waals surface area contributed by atoms with Gasteiger partial charge in [-0.15, -0.1) is 0 Å². The van der Waals surface area contributed by atoms with E-state index >= 15 is 0 Å². The van der Waals surface area contributed by atoms with Gasteiger partial charge in [0, 0.05) is 38.8 Å². The molecule has 0 saturated carbocycles. The maximum atomic E-state index is 13.4. The van der Waals surface area contributed by atoms with E-state index in [4.69, 9.17) is 9.47 Å². The van der Waals surface area contributed by atoms with Crippen molar-refractivity contribution in [2.45, 2.75) is 50.2 Å². The number of methoxy groups -OCH3 is 1. The van der Waals surface area contributed by atoms with Crippen LogP contribution in [-0.4, -0.2) is 73.1 Å². The molecule has 39 heavy (non-hydrogen) atoms. The number of carbonyl (C=O) groups is 3. The molecular weight excluding hydrogens is 496 g/mol. The molecule has 2 aromatic rings. The first-order valence-corrected chi connectivity index (χ1v) is 13.9. The van der Waals surface area contributed by atoms with E-state index in [9.17, 15) is 14.4 Å². The number of hydrogen-bond acceptors (Lipinski definition) is 6. The number of nitrogens with one attached hydrogen (secondary N) is 2. The molecule has 4 amide bonds. The fourth-order valence-electron chi connectivity index (χ4n) is 5.80. The highest BCUT2D eigenvalue weighted by Gasteiger charge is 2.52. The summed E-state index contributed by atoms with van der Waals surface area (Å²) < 4.78 is 10.6. The van der Waals surface area contributed by atoms with Crippen molar-refractivity contribution in [3.8, 4) is 5.75 Å². The number of imide groups is 1. The first-order valence-electron chi connectivity index (χ1n) is 13.9. The van der Waals surface area contributed by atoms with Gasteiger partial charge in [0.15, 0.2) is 0 Å². The number of urea groups is 1. The highest BCUT2D eigenvalue weighted by molar-refractivity contribution is 6.07. The third-order valence-corrected chi connectivity index (χ3v) is 8.30. The first-order chi connectivity index (χ1) is 19.0. The van der Waals surface area contributed by atoms with E-state index in [0.29, 0.717) is 39.1 Å². The Morgan fingerprint density at radius 3 is 2.44 bits per heavy atom. The summed E-state index contributed by atoms with van der Waals surface area (Å²) in [5, 5.41) is 6.30. The SMILES string of the molecule is COc1ccc(CN2C(=O)NC3(CCN(CC[C@H](NC(=O)C4CCOCC4)c4ccccc4)CC3)C2=O)cc1. The van der Waals surface area contributed by atoms with E-state index < -0.39 is 5.54 Å². The van der Waals surface area contributed by atoms with E-state index in [0.717, 1.165) is 42.7 Å². The zero-order chi connectivity index (χ0) is 27.2. The van der Waals surface area contributed by atoms with Crippen LogP contribution in [0.4, 0.5) is 4.79 Å². The minimum Gasteiger partial charge on any atom is -0.497 e. The zero-order valence-corrected chi connectivity index (χ0v) is 22.6. The molecule has 0 unspecified atom stereocenters. The molecular formula is C30H38N4O5. The molecule has 5 rings (SSSR count). The molecule has 0 aliphatic carbocycles. The van der Waals surface area contributed by atoms with Gasteiger partial charge in [-0.1, -0.05) is 42.5 Å². The summed E-state index contributed by atoms with van der Waals surface area (Å²) in [6, 6.07) is 17.1. The van der Waals surface area contributed by atoms with Crippen LogP contribution in [0.15, 0.2) is 54.6 Å². The van der Waals surface area contributed by atoms with Crippen molar-refractivity contribution in [3.05, 3.63) is 65.7 Å². The maximum absolute atomic E-state index is 13.4. The molecule has 1 spiro atoms. The summed E-state index contributed by atoms with van der Waals surface area (Å²) in [6.07, 6.45) is 3.44. The van der Waals surface area contributed by atoms with Gasteiger partial charge in [0.25, 0.3) is 5.91 Å². The second kappa shape index (κ2) is 12.2. The van der Waals surface area contributed by atoms with E-state index in [1.54, 1.807) is 7.11 Å². The molecule has 0 aromatic heterocycles. The summed E-state index contributed by atoms with van der Waals surface area (Å²) in [5.41, 5.74) is 1.14. The van der Waals surface area contributed by atoms with Crippen LogP contribution in [0, 0.1) is 5.92 Å². The minimum atomic E-state index is -0.837. The van der Waals surface area contributed by atoms with E-state index in [1.165, 1.54) is 4.90 Å². The molecule has 3 aliphatic heterocycles. The van der Waals surface area contributed by atoms with E-state index in [-0.39, 0.29) is 36.3 Å². The predicted octanol–water partition coefficient (Wildman–Crippen LogP) is 3.26. The van der Waals surface area contributed by atoms with Crippen LogP contribution in [0.2, 0.25) is 0 Å². The lowest BCUT2D eigenvalue weighted by Crippen LogP contribution is -2.55.